The van der Waals surface area contributed by atoms with Crippen LogP contribution in [0.1, 0.15) is 12.5 Å². The molecule has 15 heavy (non-hydrogen) atoms. The normalized spacial score (nSPS) is 13.1. The first-order chi connectivity index (χ1) is 7.22. The summed E-state index contributed by atoms with van der Waals surface area (Å²) in [5.74, 6) is 1.32. The van der Waals surface area contributed by atoms with Crippen molar-refractivity contribution in [3.05, 3.63) is 35.9 Å². The van der Waals surface area contributed by atoms with E-state index in [1.165, 1.54) is 5.56 Å². The second-order valence-corrected chi connectivity index (χ2v) is 4.57. The Balaban J connectivity index is 2.25. The fourth-order valence-electron chi connectivity index (χ4n) is 1.64. The van der Waals surface area contributed by atoms with Gasteiger partial charge in [0.05, 0.1) is 0 Å². The highest BCUT2D eigenvalue weighted by Gasteiger charge is 2.04. The number of hydrogen-bond donors (Lipinski definition) is 0. The van der Waals surface area contributed by atoms with Gasteiger partial charge in [0, 0.05) is 19.0 Å². The third kappa shape index (κ3) is 5.19. The van der Waals surface area contributed by atoms with Crippen molar-refractivity contribution in [1.82, 2.24) is 4.90 Å². The number of nitrogens with zero attached hydrogens (tertiary/aromatic N) is 1. The zero-order valence-electron chi connectivity index (χ0n) is 9.62. The fraction of sp³-hybridized carbons (Fsp3) is 0.538. The van der Waals surface area contributed by atoms with Gasteiger partial charge in [-0.2, -0.15) is 0 Å². The molecule has 1 rings (SSSR count). The van der Waals surface area contributed by atoms with Gasteiger partial charge in [-0.05, 0) is 24.9 Å². The summed E-state index contributed by atoms with van der Waals surface area (Å²) in [7, 11) is 2.16. The van der Waals surface area contributed by atoms with Gasteiger partial charge >= 0.3 is 0 Å². The van der Waals surface area contributed by atoms with Gasteiger partial charge in [0.15, 0.2) is 0 Å². The molecule has 0 fully saturated rings. The van der Waals surface area contributed by atoms with Gasteiger partial charge in [-0.3, -0.25) is 0 Å². The van der Waals surface area contributed by atoms with Gasteiger partial charge in [0.2, 0.25) is 0 Å². The van der Waals surface area contributed by atoms with Crippen molar-refractivity contribution in [2.75, 3.05) is 26.0 Å². The quantitative estimate of drug-likeness (QED) is 0.673. The van der Waals surface area contributed by atoms with E-state index in [1.807, 2.05) is 0 Å². The van der Waals surface area contributed by atoms with E-state index in [9.17, 15) is 0 Å². The van der Waals surface area contributed by atoms with Crippen molar-refractivity contribution < 1.29 is 0 Å². The molecule has 0 N–H and O–H groups in total. The van der Waals surface area contributed by atoms with Crippen LogP contribution in [0.2, 0.25) is 0 Å². The molecular weight excluding hydrogens is 206 g/mol. The van der Waals surface area contributed by atoms with E-state index in [1.54, 1.807) is 0 Å². The molecule has 2 heteroatoms. The molecule has 0 spiro atoms. The van der Waals surface area contributed by atoms with Crippen molar-refractivity contribution >= 4 is 11.6 Å². The summed E-state index contributed by atoms with van der Waals surface area (Å²) in [4.78, 5) is 2.35. The van der Waals surface area contributed by atoms with E-state index in [0.29, 0.717) is 5.92 Å². The van der Waals surface area contributed by atoms with E-state index in [2.05, 4.69) is 49.2 Å². The molecule has 84 valence electrons. The van der Waals surface area contributed by atoms with E-state index in [0.717, 1.165) is 25.4 Å². The highest BCUT2D eigenvalue weighted by atomic mass is 35.5. The van der Waals surface area contributed by atoms with Gasteiger partial charge < -0.3 is 4.90 Å². The Bertz CT molecular complexity index is 260. The zero-order chi connectivity index (χ0) is 11.1. The summed E-state index contributed by atoms with van der Waals surface area (Å²) >= 11 is 5.79. The van der Waals surface area contributed by atoms with E-state index in [-0.39, 0.29) is 0 Å². The maximum Gasteiger partial charge on any atom is 0.0261 e. The van der Waals surface area contributed by atoms with Crippen LogP contribution in [-0.4, -0.2) is 30.9 Å². The Morgan fingerprint density at radius 1 is 1.27 bits per heavy atom. The van der Waals surface area contributed by atoms with Crippen LogP contribution in [-0.2, 0) is 6.42 Å². The lowest BCUT2D eigenvalue weighted by atomic mass is 10.1. The number of rotatable bonds is 6. The van der Waals surface area contributed by atoms with Gasteiger partial charge in [0.1, 0.15) is 0 Å². The number of alkyl halides is 1. The Labute approximate surface area is 98.0 Å². The molecule has 1 unspecified atom stereocenters. The van der Waals surface area contributed by atoms with Gasteiger partial charge in [0.25, 0.3) is 0 Å². The van der Waals surface area contributed by atoms with Crippen molar-refractivity contribution in [2.45, 2.75) is 13.3 Å². The first-order valence-electron chi connectivity index (χ1n) is 5.51. The molecular formula is C13H20ClN. The first-order valence-corrected chi connectivity index (χ1v) is 6.04. The molecule has 1 aromatic carbocycles. The third-order valence-corrected chi connectivity index (χ3v) is 3.04. The molecule has 0 bridgehead atoms. The van der Waals surface area contributed by atoms with Crippen LogP contribution in [0.15, 0.2) is 30.3 Å². The van der Waals surface area contributed by atoms with Gasteiger partial charge in [-0.25, -0.2) is 0 Å². The third-order valence-electron chi connectivity index (χ3n) is 2.51. The molecule has 0 aliphatic rings. The van der Waals surface area contributed by atoms with Crippen molar-refractivity contribution in [2.24, 2.45) is 5.92 Å². The van der Waals surface area contributed by atoms with Crippen molar-refractivity contribution in [3.63, 3.8) is 0 Å². The minimum absolute atomic E-state index is 0.576. The number of likely N-dealkylation sites (N-methyl/N-ethyl adjacent to an activating group) is 1. The average molecular weight is 226 g/mol. The lowest BCUT2D eigenvalue weighted by molar-refractivity contribution is 0.300. The second kappa shape index (κ2) is 6.86. The molecule has 0 aliphatic heterocycles. The molecule has 0 saturated heterocycles. The van der Waals surface area contributed by atoms with E-state index in [4.69, 9.17) is 11.6 Å². The van der Waals surface area contributed by atoms with Crippen LogP contribution in [0.4, 0.5) is 0 Å². The Hall–Kier alpha value is -0.530. The fourth-order valence-corrected chi connectivity index (χ4v) is 1.73. The van der Waals surface area contributed by atoms with Crippen LogP contribution < -0.4 is 0 Å². The molecule has 1 aromatic rings. The van der Waals surface area contributed by atoms with Crippen LogP contribution in [0.3, 0.4) is 0 Å². The summed E-state index contributed by atoms with van der Waals surface area (Å²) in [5.41, 5.74) is 1.41. The number of hydrogen-bond acceptors (Lipinski definition) is 1. The smallest absolute Gasteiger partial charge is 0.0261 e. The standard InChI is InChI=1S/C13H20ClN/c1-12(10-14)11-15(2)9-8-13-6-4-3-5-7-13/h3-7,12H,8-11H2,1-2H3. The van der Waals surface area contributed by atoms with E-state index < -0.39 is 0 Å². The highest BCUT2D eigenvalue weighted by molar-refractivity contribution is 6.18. The maximum absolute atomic E-state index is 5.79. The van der Waals surface area contributed by atoms with Crippen LogP contribution in [0.25, 0.3) is 0 Å². The van der Waals surface area contributed by atoms with Crippen LogP contribution in [0.5, 0.6) is 0 Å². The maximum atomic E-state index is 5.79. The Morgan fingerprint density at radius 3 is 2.53 bits per heavy atom. The van der Waals surface area contributed by atoms with Crippen LogP contribution in [0, 0.1) is 5.92 Å². The predicted molar refractivity (Wildman–Crippen MR) is 67.5 cm³/mol. The minimum Gasteiger partial charge on any atom is -0.306 e. The zero-order valence-corrected chi connectivity index (χ0v) is 10.4. The van der Waals surface area contributed by atoms with Crippen molar-refractivity contribution in [3.8, 4) is 0 Å². The van der Waals surface area contributed by atoms with Gasteiger partial charge in [-0.15, -0.1) is 11.6 Å². The molecule has 1 nitrogen and oxygen atoms in total. The molecule has 0 heterocycles. The Kier molecular flexibility index (Phi) is 5.74. The second-order valence-electron chi connectivity index (χ2n) is 4.26. The van der Waals surface area contributed by atoms with E-state index >= 15 is 0 Å². The lowest BCUT2D eigenvalue weighted by Crippen LogP contribution is -2.27. The Morgan fingerprint density at radius 2 is 1.93 bits per heavy atom. The largest absolute Gasteiger partial charge is 0.306 e. The summed E-state index contributed by atoms with van der Waals surface area (Å²) in [6, 6.07) is 10.6. The highest BCUT2D eigenvalue weighted by Crippen LogP contribution is 2.03. The van der Waals surface area contributed by atoms with Gasteiger partial charge in [-0.1, -0.05) is 37.3 Å². The summed E-state index contributed by atoms with van der Waals surface area (Å²) in [5, 5.41) is 0. The summed E-state index contributed by atoms with van der Waals surface area (Å²) in [6.45, 7) is 4.37. The molecule has 0 aromatic heterocycles. The minimum atomic E-state index is 0.576. The molecule has 1 atom stereocenters. The topological polar surface area (TPSA) is 3.24 Å². The SMILES string of the molecule is CC(CCl)CN(C)CCc1ccccc1. The average Bonchev–Trinajstić information content (AvgIpc) is 2.27. The monoisotopic (exact) mass is 225 g/mol. The number of halogens is 1. The number of benzene rings is 1. The van der Waals surface area contributed by atoms with Crippen LogP contribution >= 0.6 is 11.6 Å². The molecule has 0 saturated carbocycles. The summed E-state index contributed by atoms with van der Waals surface area (Å²) in [6.07, 6.45) is 1.12. The molecule has 0 radical (unpaired) electrons. The lowest BCUT2D eigenvalue weighted by Gasteiger charge is -2.19. The first kappa shape index (κ1) is 12.5. The summed E-state index contributed by atoms with van der Waals surface area (Å²) < 4.78 is 0. The predicted octanol–water partition coefficient (Wildman–Crippen LogP) is 3.04. The van der Waals surface area contributed by atoms with Crippen molar-refractivity contribution in [1.29, 1.82) is 0 Å². The molecule has 0 aliphatic carbocycles. The molecule has 0 amide bonds.